The van der Waals surface area contributed by atoms with Crippen LogP contribution in [0.2, 0.25) is 0 Å². The minimum Gasteiger partial charge on any atom is -0.310 e. The molecule has 0 atom stereocenters. The van der Waals surface area contributed by atoms with Crippen molar-refractivity contribution in [3.8, 4) is 39.1 Å². The third-order valence-electron chi connectivity index (χ3n) is 14.2. The molecule has 0 spiro atoms. The molecule has 0 aliphatic rings. The maximum atomic E-state index is 2.40. The fraction of sp³-hybridized carbons (Fsp3) is 0. The molecule has 0 fully saturated rings. The van der Waals surface area contributed by atoms with E-state index in [1.54, 1.807) is 0 Å². The number of anilines is 3. The van der Waals surface area contributed by atoms with Gasteiger partial charge in [-0.2, -0.15) is 0 Å². The van der Waals surface area contributed by atoms with Crippen molar-refractivity contribution in [1.29, 1.82) is 0 Å². The first-order valence-corrected chi connectivity index (χ1v) is 24.5. The van der Waals surface area contributed by atoms with Gasteiger partial charge in [-0.15, -0.1) is 11.3 Å². The van der Waals surface area contributed by atoms with Crippen LogP contribution in [-0.2, 0) is 0 Å². The van der Waals surface area contributed by atoms with Gasteiger partial charge < -0.3 is 9.47 Å². The highest BCUT2D eigenvalue weighted by atomic mass is 32.1. The number of aromatic nitrogens is 1. The number of hydrogen-bond donors (Lipinski definition) is 0. The molecule has 0 saturated carbocycles. The molecule has 14 rings (SSSR count). The number of para-hydroxylation sites is 2. The largest absolute Gasteiger partial charge is 0.310 e. The van der Waals surface area contributed by atoms with Gasteiger partial charge in [0.25, 0.3) is 0 Å². The molecule has 322 valence electrons. The second-order valence-corrected chi connectivity index (χ2v) is 19.1. The zero-order valence-corrected chi connectivity index (χ0v) is 38.4. The third-order valence-corrected chi connectivity index (χ3v) is 15.4. The molecular weight excluding hydrogens is 853 g/mol. The van der Waals surface area contributed by atoms with Gasteiger partial charge in [0, 0.05) is 53.7 Å². The summed E-state index contributed by atoms with van der Waals surface area (Å²) in [6.07, 6.45) is 0. The second kappa shape index (κ2) is 16.0. The van der Waals surface area contributed by atoms with Crippen LogP contribution < -0.4 is 4.90 Å². The monoisotopic (exact) mass is 894 g/mol. The number of nitrogens with zero attached hydrogens (tertiary/aromatic N) is 2. The van der Waals surface area contributed by atoms with Gasteiger partial charge in [-0.1, -0.05) is 188 Å². The van der Waals surface area contributed by atoms with Crippen molar-refractivity contribution >= 4 is 103 Å². The summed E-state index contributed by atoms with van der Waals surface area (Å²) in [6.45, 7) is 0. The summed E-state index contributed by atoms with van der Waals surface area (Å²) >= 11 is 1.89. The Balaban J connectivity index is 0.828. The van der Waals surface area contributed by atoms with E-state index in [1.165, 1.54) is 108 Å². The zero-order chi connectivity index (χ0) is 45.4. The Morgan fingerprint density at radius 2 is 0.739 bits per heavy atom. The van der Waals surface area contributed by atoms with E-state index in [2.05, 4.69) is 264 Å². The Hall–Kier alpha value is -8.76. The van der Waals surface area contributed by atoms with Gasteiger partial charge >= 0.3 is 0 Å². The highest BCUT2D eigenvalue weighted by molar-refractivity contribution is 7.26. The van der Waals surface area contributed by atoms with Crippen LogP contribution in [0, 0.1) is 0 Å². The van der Waals surface area contributed by atoms with E-state index >= 15 is 0 Å². The molecule has 2 aromatic heterocycles. The Kier molecular flexibility index (Phi) is 9.11. The number of benzene rings is 12. The molecule has 3 heteroatoms. The van der Waals surface area contributed by atoms with E-state index < -0.39 is 0 Å². The fourth-order valence-electron chi connectivity index (χ4n) is 10.7. The molecule has 12 aromatic carbocycles. The Morgan fingerprint density at radius 1 is 0.275 bits per heavy atom. The highest BCUT2D eigenvalue weighted by Gasteiger charge is 2.18. The zero-order valence-electron chi connectivity index (χ0n) is 37.6. The first kappa shape index (κ1) is 39.4. The molecular formula is C66H42N2S. The molecule has 14 aromatic rings. The van der Waals surface area contributed by atoms with Crippen molar-refractivity contribution < 1.29 is 0 Å². The van der Waals surface area contributed by atoms with Crippen molar-refractivity contribution in [2.45, 2.75) is 0 Å². The first-order chi connectivity index (χ1) is 34.2. The van der Waals surface area contributed by atoms with E-state index in [-0.39, 0.29) is 0 Å². The molecule has 0 bridgehead atoms. The van der Waals surface area contributed by atoms with Gasteiger partial charge in [0.2, 0.25) is 0 Å². The normalized spacial score (nSPS) is 11.8. The quantitative estimate of drug-likeness (QED) is 0.145. The van der Waals surface area contributed by atoms with Crippen LogP contribution >= 0.6 is 11.3 Å². The Labute approximate surface area is 403 Å². The summed E-state index contributed by atoms with van der Waals surface area (Å²) in [5, 5.41) is 12.8. The predicted octanol–water partition coefficient (Wildman–Crippen LogP) is 19.1. The molecule has 0 N–H and O–H groups in total. The molecule has 69 heavy (non-hydrogen) atoms. The van der Waals surface area contributed by atoms with Crippen LogP contribution in [0.1, 0.15) is 0 Å². The average molecular weight is 895 g/mol. The molecule has 0 unspecified atom stereocenters. The van der Waals surface area contributed by atoms with E-state index in [9.17, 15) is 0 Å². The number of rotatable bonds is 7. The van der Waals surface area contributed by atoms with Gasteiger partial charge in [0.1, 0.15) is 0 Å². The molecule has 0 saturated heterocycles. The van der Waals surface area contributed by atoms with Crippen LogP contribution in [0.3, 0.4) is 0 Å². The van der Waals surface area contributed by atoms with Gasteiger partial charge in [0.15, 0.2) is 0 Å². The van der Waals surface area contributed by atoms with Crippen molar-refractivity contribution in [1.82, 2.24) is 4.57 Å². The molecule has 0 aliphatic carbocycles. The third kappa shape index (κ3) is 6.62. The minimum atomic E-state index is 1.10. The van der Waals surface area contributed by atoms with Crippen LogP contribution in [0.5, 0.6) is 0 Å². The van der Waals surface area contributed by atoms with Gasteiger partial charge in [0.05, 0.1) is 11.0 Å². The topological polar surface area (TPSA) is 8.17 Å². The molecule has 0 radical (unpaired) electrons. The van der Waals surface area contributed by atoms with Crippen molar-refractivity contribution in [2.24, 2.45) is 0 Å². The molecule has 2 nitrogen and oxygen atoms in total. The van der Waals surface area contributed by atoms with Crippen molar-refractivity contribution in [3.05, 3.63) is 255 Å². The lowest BCUT2D eigenvalue weighted by Crippen LogP contribution is -2.09. The van der Waals surface area contributed by atoms with Crippen LogP contribution in [0.4, 0.5) is 17.1 Å². The maximum absolute atomic E-state index is 2.40. The number of fused-ring (bicyclic) bond motifs is 11. The van der Waals surface area contributed by atoms with Crippen LogP contribution in [0.15, 0.2) is 255 Å². The van der Waals surface area contributed by atoms with E-state index in [0.29, 0.717) is 0 Å². The van der Waals surface area contributed by atoms with Crippen molar-refractivity contribution in [2.75, 3.05) is 4.90 Å². The predicted molar refractivity (Wildman–Crippen MR) is 297 cm³/mol. The smallest absolute Gasteiger partial charge is 0.0541 e. The second-order valence-electron chi connectivity index (χ2n) is 18.1. The summed E-state index contributed by atoms with van der Waals surface area (Å²) in [7, 11) is 0. The minimum absolute atomic E-state index is 1.10. The number of hydrogen-bond acceptors (Lipinski definition) is 2. The lowest BCUT2D eigenvalue weighted by molar-refractivity contribution is 1.18. The molecule has 0 amide bonds. The first-order valence-electron chi connectivity index (χ1n) is 23.6. The van der Waals surface area contributed by atoms with Crippen LogP contribution in [-0.4, -0.2) is 4.57 Å². The van der Waals surface area contributed by atoms with Crippen LogP contribution in [0.25, 0.3) is 113 Å². The Morgan fingerprint density at radius 3 is 1.41 bits per heavy atom. The fourth-order valence-corrected chi connectivity index (χ4v) is 12.0. The lowest BCUT2D eigenvalue weighted by Gasteiger charge is -2.26. The van der Waals surface area contributed by atoms with Gasteiger partial charge in [-0.3, -0.25) is 0 Å². The molecule has 0 aliphatic heterocycles. The van der Waals surface area contributed by atoms with Gasteiger partial charge in [-0.05, 0) is 132 Å². The maximum Gasteiger partial charge on any atom is 0.0541 e. The summed E-state index contributed by atoms with van der Waals surface area (Å²) in [5.41, 5.74) is 14.1. The van der Waals surface area contributed by atoms with Gasteiger partial charge in [-0.25, -0.2) is 0 Å². The molecule has 2 heterocycles. The van der Waals surface area contributed by atoms with E-state index in [1.807, 2.05) is 11.3 Å². The van der Waals surface area contributed by atoms with Crippen molar-refractivity contribution in [3.63, 3.8) is 0 Å². The summed E-state index contributed by atoms with van der Waals surface area (Å²) in [6, 6.07) is 93.7. The Bertz CT molecular complexity index is 4240. The lowest BCUT2D eigenvalue weighted by atomic mass is 9.96. The highest BCUT2D eigenvalue weighted by Crippen LogP contribution is 2.44. The van der Waals surface area contributed by atoms with E-state index in [4.69, 9.17) is 0 Å². The summed E-state index contributed by atoms with van der Waals surface area (Å²) < 4.78 is 5.00. The standard InChI is InChI=1S/C66H42N2S/c1-3-14-56-47(10-1)24-25-49-26-27-51(41-62(49)56)45-22-20-43(21-23-45)44-28-33-52(34-29-44)67(55-37-39-60-61-38-32-48-11-2-4-15-57(48)66(61)69-65(60)42-55)53-35-30-46(31-36-53)50-12-9-13-54(40-50)68-63-18-7-5-16-58(63)59-17-6-8-19-64(59)68/h1-42H. The SMILES string of the molecule is c1cc(-c2ccc(N(c3ccc(-c4ccc(-c5ccc6ccc7ccccc7c6c5)cc4)cc3)c3ccc4c(c3)sc3c5ccccc5ccc43)cc2)cc(-n2c3ccccc3c3ccccc32)c1. The van der Waals surface area contributed by atoms with E-state index in [0.717, 1.165) is 22.7 Å². The summed E-state index contributed by atoms with van der Waals surface area (Å²) in [4.78, 5) is 2.40. The number of thiophene rings is 1. The average Bonchev–Trinajstić information content (AvgIpc) is 3.97. The summed E-state index contributed by atoms with van der Waals surface area (Å²) in [5.74, 6) is 0.